The van der Waals surface area contributed by atoms with Gasteiger partial charge >= 0.3 is 0 Å². The number of anilines is 1. The summed E-state index contributed by atoms with van der Waals surface area (Å²) < 4.78 is 31.4. The van der Waals surface area contributed by atoms with Crippen LogP contribution in [0, 0.1) is 11.6 Å². The average Bonchev–Trinajstić information content (AvgIpc) is 2.38. The summed E-state index contributed by atoms with van der Waals surface area (Å²) in [4.78, 5) is 7.86. The molecular formula is C13H13F2N3O. The van der Waals surface area contributed by atoms with Gasteiger partial charge in [0.1, 0.15) is 17.9 Å². The molecule has 2 N–H and O–H groups in total. The van der Waals surface area contributed by atoms with E-state index < -0.39 is 11.6 Å². The maximum Gasteiger partial charge on any atom is 0.227 e. The number of nitrogens with two attached hydrogens (primary N) is 1. The van der Waals surface area contributed by atoms with Gasteiger partial charge in [-0.25, -0.2) is 18.7 Å². The largest absolute Gasteiger partial charge is 0.438 e. The Balaban J connectivity index is 2.32. The Bertz CT molecular complexity index is 590. The molecule has 2 aromatic rings. The lowest BCUT2D eigenvalue weighted by Gasteiger charge is -2.10. The zero-order chi connectivity index (χ0) is 13.8. The van der Waals surface area contributed by atoms with Crippen molar-refractivity contribution in [1.29, 1.82) is 0 Å². The van der Waals surface area contributed by atoms with Crippen molar-refractivity contribution in [3.63, 3.8) is 0 Å². The van der Waals surface area contributed by atoms with Crippen molar-refractivity contribution in [3.8, 4) is 11.6 Å². The third-order valence-electron chi connectivity index (χ3n) is 2.54. The minimum absolute atomic E-state index is 0.161. The van der Waals surface area contributed by atoms with E-state index in [0.29, 0.717) is 17.8 Å². The maximum absolute atomic E-state index is 13.1. The molecule has 0 bridgehead atoms. The summed E-state index contributed by atoms with van der Waals surface area (Å²) in [5.74, 6) is -1.15. The van der Waals surface area contributed by atoms with Crippen molar-refractivity contribution in [2.24, 2.45) is 0 Å². The van der Waals surface area contributed by atoms with Gasteiger partial charge in [0, 0.05) is 6.07 Å². The van der Waals surface area contributed by atoms with Crippen LogP contribution in [-0.2, 0) is 6.42 Å². The Morgan fingerprint density at radius 2 is 2.00 bits per heavy atom. The summed E-state index contributed by atoms with van der Waals surface area (Å²) in [6.07, 6.45) is 2.75. The first kappa shape index (κ1) is 13.2. The molecule has 1 aromatic carbocycles. The lowest BCUT2D eigenvalue weighted by molar-refractivity contribution is 0.441. The van der Waals surface area contributed by atoms with Crippen LogP contribution in [0.2, 0.25) is 0 Å². The molecule has 19 heavy (non-hydrogen) atoms. The highest BCUT2D eigenvalue weighted by Crippen LogP contribution is 2.27. The molecule has 100 valence electrons. The van der Waals surface area contributed by atoms with Gasteiger partial charge in [-0.2, -0.15) is 0 Å². The van der Waals surface area contributed by atoms with E-state index in [2.05, 4.69) is 9.97 Å². The van der Waals surface area contributed by atoms with Crippen LogP contribution in [-0.4, -0.2) is 9.97 Å². The quantitative estimate of drug-likeness (QED) is 0.922. The highest BCUT2D eigenvalue weighted by molar-refractivity contribution is 5.46. The van der Waals surface area contributed by atoms with Crippen molar-refractivity contribution in [3.05, 3.63) is 41.7 Å². The predicted octanol–water partition coefficient (Wildman–Crippen LogP) is 3.08. The van der Waals surface area contributed by atoms with E-state index in [1.54, 1.807) is 0 Å². The second-order valence-electron chi connectivity index (χ2n) is 3.97. The molecule has 0 saturated carbocycles. The van der Waals surface area contributed by atoms with E-state index in [9.17, 15) is 8.78 Å². The number of ether oxygens (including phenoxy) is 1. The van der Waals surface area contributed by atoms with Crippen LogP contribution in [0.1, 0.15) is 18.9 Å². The van der Waals surface area contributed by atoms with Crippen molar-refractivity contribution in [2.45, 2.75) is 19.8 Å². The maximum atomic E-state index is 13.1. The third-order valence-corrected chi connectivity index (χ3v) is 2.54. The Kier molecular flexibility index (Phi) is 3.89. The molecule has 0 fully saturated rings. The van der Waals surface area contributed by atoms with E-state index in [1.165, 1.54) is 12.4 Å². The second kappa shape index (κ2) is 5.60. The molecule has 6 heteroatoms. The number of halogens is 2. The fourth-order valence-electron chi connectivity index (χ4n) is 1.63. The van der Waals surface area contributed by atoms with Gasteiger partial charge < -0.3 is 10.5 Å². The molecule has 0 saturated heterocycles. The number of rotatable bonds is 4. The van der Waals surface area contributed by atoms with Crippen LogP contribution in [0.15, 0.2) is 24.5 Å². The first-order valence-electron chi connectivity index (χ1n) is 5.84. The fraction of sp³-hybridized carbons (Fsp3) is 0.231. The number of benzene rings is 1. The van der Waals surface area contributed by atoms with Crippen LogP contribution >= 0.6 is 0 Å². The first-order chi connectivity index (χ1) is 9.11. The lowest BCUT2D eigenvalue weighted by atomic mass is 10.2. The van der Waals surface area contributed by atoms with Crippen LogP contribution in [0.25, 0.3) is 0 Å². The monoisotopic (exact) mass is 265 g/mol. The van der Waals surface area contributed by atoms with Gasteiger partial charge in [0.25, 0.3) is 0 Å². The molecule has 4 nitrogen and oxygen atoms in total. The van der Waals surface area contributed by atoms with Gasteiger partial charge in [0.05, 0.1) is 5.56 Å². The number of aromatic nitrogens is 2. The molecule has 1 aromatic heterocycles. The fourth-order valence-corrected chi connectivity index (χ4v) is 1.63. The molecule has 0 atom stereocenters. The molecule has 0 aliphatic rings. The minimum Gasteiger partial charge on any atom is -0.438 e. The van der Waals surface area contributed by atoms with Crippen molar-refractivity contribution < 1.29 is 13.5 Å². The standard InChI is InChI=1S/C13H13F2N3O/c1-2-3-9-12(16)17-7-18-13(9)19-8-4-5-10(14)11(15)6-8/h4-7H,2-3H2,1H3,(H2,16,17,18). The van der Waals surface area contributed by atoms with E-state index in [4.69, 9.17) is 10.5 Å². The summed E-state index contributed by atoms with van der Waals surface area (Å²) in [7, 11) is 0. The highest BCUT2D eigenvalue weighted by Gasteiger charge is 2.12. The molecule has 0 spiro atoms. The van der Waals surface area contributed by atoms with Crippen molar-refractivity contribution >= 4 is 5.82 Å². The smallest absolute Gasteiger partial charge is 0.227 e. The summed E-state index contributed by atoms with van der Waals surface area (Å²) >= 11 is 0. The zero-order valence-electron chi connectivity index (χ0n) is 10.4. The molecule has 0 unspecified atom stereocenters. The van der Waals surface area contributed by atoms with Gasteiger partial charge in [-0.15, -0.1) is 0 Å². The number of hydrogen-bond acceptors (Lipinski definition) is 4. The zero-order valence-corrected chi connectivity index (χ0v) is 10.4. The average molecular weight is 265 g/mol. The number of hydrogen-bond donors (Lipinski definition) is 1. The number of nitrogens with zero attached hydrogens (tertiary/aromatic N) is 2. The number of nitrogen functional groups attached to an aromatic ring is 1. The Morgan fingerprint density at radius 1 is 1.21 bits per heavy atom. The molecule has 1 heterocycles. The lowest BCUT2D eigenvalue weighted by Crippen LogP contribution is -2.02. The predicted molar refractivity (Wildman–Crippen MR) is 66.9 cm³/mol. The summed E-state index contributed by atoms with van der Waals surface area (Å²) in [6, 6.07) is 3.28. The van der Waals surface area contributed by atoms with Crippen molar-refractivity contribution in [2.75, 3.05) is 5.73 Å². The normalized spacial score (nSPS) is 10.5. The first-order valence-corrected chi connectivity index (χ1v) is 5.84. The van der Waals surface area contributed by atoms with E-state index in [-0.39, 0.29) is 11.6 Å². The summed E-state index contributed by atoms with van der Waals surface area (Å²) in [6.45, 7) is 1.98. The summed E-state index contributed by atoms with van der Waals surface area (Å²) in [5, 5.41) is 0. The summed E-state index contributed by atoms with van der Waals surface area (Å²) in [5.41, 5.74) is 6.41. The minimum atomic E-state index is -0.975. The van der Waals surface area contributed by atoms with Gasteiger partial charge in [-0.1, -0.05) is 13.3 Å². The van der Waals surface area contributed by atoms with Crippen LogP contribution in [0.3, 0.4) is 0 Å². The molecule has 0 aliphatic heterocycles. The third kappa shape index (κ3) is 2.96. The molecule has 0 aliphatic carbocycles. The van der Waals surface area contributed by atoms with Crippen LogP contribution < -0.4 is 10.5 Å². The SMILES string of the molecule is CCCc1c(N)ncnc1Oc1ccc(F)c(F)c1. The van der Waals surface area contributed by atoms with E-state index in [1.807, 2.05) is 6.92 Å². The van der Waals surface area contributed by atoms with Crippen LogP contribution in [0.5, 0.6) is 11.6 Å². The van der Waals surface area contributed by atoms with Crippen LogP contribution in [0.4, 0.5) is 14.6 Å². The molecule has 2 rings (SSSR count). The highest BCUT2D eigenvalue weighted by atomic mass is 19.2. The van der Waals surface area contributed by atoms with E-state index in [0.717, 1.165) is 18.6 Å². The molecular weight excluding hydrogens is 252 g/mol. The van der Waals surface area contributed by atoms with Gasteiger partial charge in [-0.05, 0) is 18.6 Å². The van der Waals surface area contributed by atoms with E-state index >= 15 is 0 Å². The second-order valence-corrected chi connectivity index (χ2v) is 3.97. The Labute approximate surface area is 109 Å². The molecule has 0 radical (unpaired) electrons. The van der Waals surface area contributed by atoms with Gasteiger partial charge in [0.15, 0.2) is 11.6 Å². The Morgan fingerprint density at radius 3 is 2.68 bits per heavy atom. The van der Waals surface area contributed by atoms with Crippen molar-refractivity contribution in [1.82, 2.24) is 9.97 Å². The topological polar surface area (TPSA) is 61.0 Å². The van der Waals surface area contributed by atoms with Gasteiger partial charge in [-0.3, -0.25) is 0 Å². The van der Waals surface area contributed by atoms with Gasteiger partial charge in [0.2, 0.25) is 5.88 Å². The Hall–Kier alpha value is -2.24. The molecule has 0 amide bonds.